The van der Waals surface area contributed by atoms with Crippen molar-refractivity contribution in [1.29, 1.82) is 0 Å². The first-order chi connectivity index (χ1) is 8.67. The maximum absolute atomic E-state index is 11.1. The molecule has 19 heavy (non-hydrogen) atoms. The Morgan fingerprint density at radius 2 is 2.05 bits per heavy atom. The monoisotopic (exact) mass is 287 g/mol. The number of methoxy groups -OCH3 is 1. The number of nitrogens with two attached hydrogens (primary N) is 1. The maximum atomic E-state index is 11.1. The Balaban J connectivity index is 0.00000324. The van der Waals surface area contributed by atoms with Crippen LogP contribution in [0.15, 0.2) is 18.2 Å². The van der Waals surface area contributed by atoms with Gasteiger partial charge in [0.25, 0.3) is 0 Å². The molecule has 1 rings (SSSR count). The maximum Gasteiger partial charge on any atom is 0.305 e. The highest BCUT2D eigenvalue weighted by Gasteiger charge is 2.03. The molecule has 0 aliphatic heterocycles. The number of hydrogen-bond donors (Lipinski definition) is 1. The van der Waals surface area contributed by atoms with Crippen LogP contribution in [0.4, 0.5) is 5.69 Å². The quantitative estimate of drug-likeness (QED) is 0.476. The number of hydrogen-bond acceptors (Lipinski definition) is 4. The van der Waals surface area contributed by atoms with E-state index in [2.05, 4.69) is 0 Å². The standard InChI is InChI=1S/C14H21NO3.ClH/c1-3-18-14(16)7-5-4-6-11-8-9-13(17-2)12(15)10-11;/h8-10H,3-7,15H2,1-2H3;1H. The number of unbranched alkanes of at least 4 members (excludes halogenated alkanes) is 1. The summed E-state index contributed by atoms with van der Waals surface area (Å²) in [7, 11) is 1.60. The van der Waals surface area contributed by atoms with Crippen LogP contribution in [-0.2, 0) is 16.0 Å². The number of carbonyl (C=O) groups excluding carboxylic acids is 1. The third-order valence-corrected chi connectivity index (χ3v) is 2.70. The lowest BCUT2D eigenvalue weighted by atomic mass is 10.1. The van der Waals surface area contributed by atoms with Crippen molar-refractivity contribution < 1.29 is 14.3 Å². The minimum Gasteiger partial charge on any atom is -0.495 e. The number of nitrogen functional groups attached to an aromatic ring is 1. The van der Waals surface area contributed by atoms with Gasteiger partial charge in [-0.05, 0) is 43.9 Å². The van der Waals surface area contributed by atoms with Crippen molar-refractivity contribution >= 4 is 24.1 Å². The van der Waals surface area contributed by atoms with E-state index in [-0.39, 0.29) is 18.4 Å². The van der Waals surface area contributed by atoms with Crippen molar-refractivity contribution in [3.8, 4) is 5.75 Å². The van der Waals surface area contributed by atoms with Gasteiger partial charge in [0.1, 0.15) is 5.75 Å². The lowest BCUT2D eigenvalue weighted by molar-refractivity contribution is -0.143. The van der Waals surface area contributed by atoms with Gasteiger partial charge in [-0.25, -0.2) is 0 Å². The predicted octanol–water partition coefficient (Wildman–Crippen LogP) is 2.98. The molecule has 0 bridgehead atoms. The van der Waals surface area contributed by atoms with Gasteiger partial charge in [0, 0.05) is 6.42 Å². The molecule has 0 aliphatic carbocycles. The van der Waals surface area contributed by atoms with Gasteiger partial charge in [0.15, 0.2) is 0 Å². The van der Waals surface area contributed by atoms with Crippen molar-refractivity contribution in [1.82, 2.24) is 0 Å². The van der Waals surface area contributed by atoms with Crippen molar-refractivity contribution in [3.63, 3.8) is 0 Å². The smallest absolute Gasteiger partial charge is 0.305 e. The second-order valence-electron chi connectivity index (χ2n) is 4.09. The summed E-state index contributed by atoms with van der Waals surface area (Å²) >= 11 is 0. The van der Waals surface area contributed by atoms with E-state index >= 15 is 0 Å². The van der Waals surface area contributed by atoms with E-state index in [1.54, 1.807) is 7.11 Å². The lowest BCUT2D eigenvalue weighted by Crippen LogP contribution is -2.03. The summed E-state index contributed by atoms with van der Waals surface area (Å²) in [4.78, 5) is 11.1. The zero-order valence-corrected chi connectivity index (χ0v) is 12.3. The highest BCUT2D eigenvalue weighted by Crippen LogP contribution is 2.22. The van der Waals surface area contributed by atoms with Crippen molar-refractivity contribution in [3.05, 3.63) is 23.8 Å². The first-order valence-corrected chi connectivity index (χ1v) is 6.25. The van der Waals surface area contributed by atoms with Crippen molar-refractivity contribution in [2.24, 2.45) is 0 Å². The van der Waals surface area contributed by atoms with Crippen LogP contribution in [0.1, 0.15) is 31.7 Å². The Morgan fingerprint density at radius 3 is 2.63 bits per heavy atom. The fourth-order valence-electron chi connectivity index (χ4n) is 1.77. The van der Waals surface area contributed by atoms with Crippen LogP contribution in [0.5, 0.6) is 5.75 Å². The molecule has 0 aromatic heterocycles. The number of carbonyl (C=O) groups is 1. The average molecular weight is 288 g/mol. The van der Waals surface area contributed by atoms with Gasteiger partial charge < -0.3 is 15.2 Å². The molecule has 0 radical (unpaired) electrons. The lowest BCUT2D eigenvalue weighted by Gasteiger charge is -2.07. The van der Waals surface area contributed by atoms with Gasteiger partial charge >= 0.3 is 5.97 Å². The molecule has 0 saturated carbocycles. The highest BCUT2D eigenvalue weighted by molar-refractivity contribution is 5.85. The molecule has 5 heteroatoms. The minimum absolute atomic E-state index is 0. The predicted molar refractivity (Wildman–Crippen MR) is 78.8 cm³/mol. The molecule has 0 amide bonds. The second-order valence-corrected chi connectivity index (χ2v) is 4.09. The molecule has 0 saturated heterocycles. The van der Waals surface area contributed by atoms with Gasteiger partial charge in [0.05, 0.1) is 19.4 Å². The van der Waals surface area contributed by atoms with E-state index in [1.807, 2.05) is 25.1 Å². The number of rotatable bonds is 7. The molecule has 0 fully saturated rings. The average Bonchev–Trinajstić information content (AvgIpc) is 2.35. The summed E-state index contributed by atoms with van der Waals surface area (Å²) in [5.41, 5.74) is 7.64. The van der Waals surface area contributed by atoms with Gasteiger partial charge in [-0.3, -0.25) is 4.79 Å². The number of ether oxygens (including phenoxy) is 2. The van der Waals surface area contributed by atoms with Crippen LogP contribution in [0.25, 0.3) is 0 Å². The van der Waals surface area contributed by atoms with Crippen LogP contribution in [0.3, 0.4) is 0 Å². The number of esters is 1. The van der Waals surface area contributed by atoms with E-state index in [0.717, 1.165) is 24.8 Å². The van der Waals surface area contributed by atoms with Gasteiger partial charge in [-0.1, -0.05) is 6.07 Å². The molecule has 0 unspecified atom stereocenters. The topological polar surface area (TPSA) is 61.5 Å². The molecular weight excluding hydrogens is 266 g/mol. The van der Waals surface area contributed by atoms with Crippen molar-refractivity contribution in [2.45, 2.75) is 32.6 Å². The van der Waals surface area contributed by atoms with E-state index in [0.29, 0.717) is 24.5 Å². The van der Waals surface area contributed by atoms with Crippen LogP contribution >= 0.6 is 12.4 Å². The van der Waals surface area contributed by atoms with E-state index in [1.165, 1.54) is 0 Å². The third kappa shape index (κ3) is 6.34. The fourth-order valence-corrected chi connectivity index (χ4v) is 1.77. The molecule has 0 heterocycles. The molecular formula is C14H22ClNO3. The van der Waals surface area contributed by atoms with Crippen LogP contribution in [0.2, 0.25) is 0 Å². The minimum atomic E-state index is -0.119. The molecule has 0 aliphatic rings. The Morgan fingerprint density at radius 1 is 1.32 bits per heavy atom. The number of benzene rings is 1. The SMILES string of the molecule is CCOC(=O)CCCCc1ccc(OC)c(N)c1.Cl. The van der Waals surface area contributed by atoms with Gasteiger partial charge in [-0.2, -0.15) is 0 Å². The second kappa shape index (κ2) is 9.50. The zero-order chi connectivity index (χ0) is 13.4. The number of anilines is 1. The van der Waals surface area contributed by atoms with Crippen LogP contribution < -0.4 is 10.5 Å². The Bertz CT molecular complexity index is 396. The Labute approximate surface area is 120 Å². The summed E-state index contributed by atoms with van der Waals surface area (Å²) in [6.45, 7) is 2.27. The van der Waals surface area contributed by atoms with Crippen LogP contribution in [-0.4, -0.2) is 19.7 Å². The summed E-state index contributed by atoms with van der Waals surface area (Å²) in [5.74, 6) is 0.581. The van der Waals surface area contributed by atoms with E-state index in [4.69, 9.17) is 15.2 Å². The molecule has 108 valence electrons. The number of aryl methyl sites for hydroxylation is 1. The Kier molecular flexibility index (Phi) is 8.79. The van der Waals surface area contributed by atoms with E-state index < -0.39 is 0 Å². The molecule has 0 atom stereocenters. The molecule has 0 spiro atoms. The zero-order valence-electron chi connectivity index (χ0n) is 11.5. The number of halogens is 1. The first kappa shape index (κ1) is 17.6. The third-order valence-electron chi connectivity index (χ3n) is 2.70. The normalized spacial score (nSPS) is 9.58. The van der Waals surface area contributed by atoms with Crippen LogP contribution in [0, 0.1) is 0 Å². The molecule has 4 nitrogen and oxygen atoms in total. The summed E-state index contributed by atoms with van der Waals surface area (Å²) < 4.78 is 9.97. The van der Waals surface area contributed by atoms with Gasteiger partial charge in [0.2, 0.25) is 0 Å². The van der Waals surface area contributed by atoms with Gasteiger partial charge in [-0.15, -0.1) is 12.4 Å². The van der Waals surface area contributed by atoms with Crippen molar-refractivity contribution in [2.75, 3.05) is 19.5 Å². The largest absolute Gasteiger partial charge is 0.495 e. The molecule has 1 aromatic rings. The fraction of sp³-hybridized carbons (Fsp3) is 0.500. The summed E-state index contributed by atoms with van der Waals surface area (Å²) in [6, 6.07) is 5.79. The summed E-state index contributed by atoms with van der Waals surface area (Å²) in [5, 5.41) is 0. The Hall–Kier alpha value is -1.42. The van der Waals surface area contributed by atoms with E-state index in [9.17, 15) is 4.79 Å². The summed E-state index contributed by atoms with van der Waals surface area (Å²) in [6.07, 6.45) is 3.18. The molecule has 1 aromatic carbocycles. The molecule has 2 N–H and O–H groups in total. The highest BCUT2D eigenvalue weighted by atomic mass is 35.5. The first-order valence-electron chi connectivity index (χ1n) is 6.25.